The Morgan fingerprint density at radius 2 is 1.82 bits per heavy atom. The number of aromatic nitrogens is 1. The molecule has 11 heteroatoms. The van der Waals surface area contributed by atoms with Crippen LogP contribution < -0.4 is 26.6 Å². The Bertz CT molecular complexity index is 1420. The average Bonchev–Trinajstić information content (AvgIpc) is 2.97. The lowest BCUT2D eigenvalue weighted by Crippen LogP contribution is -2.61. The van der Waals surface area contributed by atoms with E-state index in [9.17, 15) is 19.2 Å². The van der Waals surface area contributed by atoms with Crippen LogP contribution in [0.25, 0.3) is 12.7 Å². The fraction of sp³-hybridized carbons (Fsp3) is 0.559. The number of nitrogens with zero attached hydrogens (tertiary/aromatic N) is 2. The standard InChI is InChI=1S/C34H49N5O6/c1-21(2)30-31(41)36-24(5)32(42)39-18-11-13-28(38-39)33(43)45-25(6)27-17-16-26(23(4)35-27)15-14-22(3)12-9-10-19-44-34(7,8)20-29(40)37-30/h9,12,14-17,21,24-25,28,30,38H,4,10-11,13,18-20H2,1-3,5-8H3,(H,36,41)(H,37,40)/b12-9+,22-14+,26-15-/t24-,25+,28-,30-/m0/s1. The van der Waals surface area contributed by atoms with Crippen molar-refractivity contribution in [2.24, 2.45) is 5.92 Å². The first-order valence-electron chi connectivity index (χ1n) is 15.7. The molecule has 4 atom stereocenters. The van der Waals surface area contributed by atoms with Gasteiger partial charge in [-0.25, -0.2) is 10.4 Å². The van der Waals surface area contributed by atoms with Gasteiger partial charge in [-0.15, -0.1) is 0 Å². The van der Waals surface area contributed by atoms with E-state index in [0.717, 1.165) is 10.8 Å². The number of ether oxygens (including phenoxy) is 2. The van der Waals surface area contributed by atoms with Gasteiger partial charge in [0.05, 0.1) is 29.7 Å². The maximum Gasteiger partial charge on any atom is 0.325 e. The third-order valence-corrected chi connectivity index (χ3v) is 7.74. The monoisotopic (exact) mass is 623 g/mol. The van der Waals surface area contributed by atoms with Gasteiger partial charge in [-0.2, -0.15) is 0 Å². The van der Waals surface area contributed by atoms with Crippen LogP contribution in [0.4, 0.5) is 0 Å². The van der Waals surface area contributed by atoms with Crippen LogP contribution in [-0.2, 0) is 28.7 Å². The minimum atomic E-state index is -0.902. The number of hydrazine groups is 1. The molecule has 1 fully saturated rings. The Morgan fingerprint density at radius 3 is 2.51 bits per heavy atom. The fourth-order valence-corrected chi connectivity index (χ4v) is 5.08. The molecule has 1 aromatic heterocycles. The number of pyridine rings is 1. The van der Waals surface area contributed by atoms with E-state index < -0.39 is 47.6 Å². The quantitative estimate of drug-likeness (QED) is 0.405. The van der Waals surface area contributed by atoms with Gasteiger partial charge in [-0.1, -0.05) is 56.4 Å². The Balaban J connectivity index is 1.85. The summed E-state index contributed by atoms with van der Waals surface area (Å²) in [4.78, 5) is 57.1. The molecule has 45 heavy (non-hydrogen) atoms. The molecule has 0 radical (unpaired) electrons. The molecule has 0 unspecified atom stereocenters. The van der Waals surface area contributed by atoms with Gasteiger partial charge in [0.2, 0.25) is 11.8 Å². The molecule has 11 nitrogen and oxygen atoms in total. The summed E-state index contributed by atoms with van der Waals surface area (Å²) in [6, 6.07) is 1.21. The number of hydrogen-bond acceptors (Lipinski definition) is 8. The summed E-state index contributed by atoms with van der Waals surface area (Å²) in [5.74, 6) is -1.92. The number of carbonyl (C=O) groups excluding carboxylic acids is 4. The summed E-state index contributed by atoms with van der Waals surface area (Å²) in [5.41, 5.74) is 3.81. The van der Waals surface area contributed by atoms with Gasteiger partial charge in [0, 0.05) is 6.54 Å². The van der Waals surface area contributed by atoms with Crippen LogP contribution in [0.2, 0.25) is 0 Å². The highest BCUT2D eigenvalue weighted by atomic mass is 16.5. The van der Waals surface area contributed by atoms with Crippen LogP contribution in [0.3, 0.4) is 0 Å². The molecular weight excluding hydrogens is 574 g/mol. The summed E-state index contributed by atoms with van der Waals surface area (Å²) in [6.07, 6.45) is 9.05. The van der Waals surface area contributed by atoms with Crippen LogP contribution in [0.15, 0.2) is 35.9 Å². The largest absolute Gasteiger partial charge is 0.455 e. The topological polar surface area (TPSA) is 139 Å². The number of esters is 1. The maximum atomic E-state index is 13.3. The molecule has 1 aromatic rings. The lowest BCUT2D eigenvalue weighted by Gasteiger charge is -2.35. The van der Waals surface area contributed by atoms with E-state index >= 15 is 0 Å². The van der Waals surface area contributed by atoms with Gasteiger partial charge >= 0.3 is 5.97 Å². The van der Waals surface area contributed by atoms with Crippen LogP contribution in [0.5, 0.6) is 0 Å². The molecule has 4 rings (SSSR count). The highest BCUT2D eigenvalue weighted by molar-refractivity contribution is 5.92. The number of rotatable bonds is 1. The van der Waals surface area contributed by atoms with Crippen molar-refractivity contribution in [3.63, 3.8) is 0 Å². The van der Waals surface area contributed by atoms with Crippen LogP contribution in [0, 0.1) is 5.92 Å². The molecule has 0 spiro atoms. The summed E-state index contributed by atoms with van der Waals surface area (Å²) < 4.78 is 11.7. The number of hydrogen-bond donors (Lipinski definition) is 3. The molecule has 0 saturated carbocycles. The molecule has 3 aliphatic rings. The highest BCUT2D eigenvalue weighted by Crippen LogP contribution is 2.18. The maximum absolute atomic E-state index is 13.3. The van der Waals surface area contributed by atoms with Gasteiger partial charge in [0.15, 0.2) is 0 Å². The Morgan fingerprint density at radius 1 is 1.09 bits per heavy atom. The highest BCUT2D eigenvalue weighted by Gasteiger charge is 2.34. The minimum Gasteiger partial charge on any atom is -0.455 e. The molecule has 4 bridgehead atoms. The molecule has 0 aliphatic carbocycles. The van der Waals surface area contributed by atoms with Gasteiger partial charge < -0.3 is 20.1 Å². The first-order valence-corrected chi connectivity index (χ1v) is 15.7. The van der Waals surface area contributed by atoms with E-state index in [1.165, 1.54) is 5.01 Å². The predicted octanol–water partition coefficient (Wildman–Crippen LogP) is 2.11. The van der Waals surface area contributed by atoms with Gasteiger partial charge in [0.1, 0.15) is 24.2 Å². The Hall–Kier alpha value is -3.83. The van der Waals surface area contributed by atoms with Crippen LogP contribution >= 0.6 is 0 Å². The third-order valence-electron chi connectivity index (χ3n) is 7.74. The normalized spacial score (nSPS) is 28.9. The number of fused-ring (bicyclic) bond motifs is 18. The zero-order valence-electron chi connectivity index (χ0n) is 27.6. The SMILES string of the molecule is C=c1nc2cc/c1=C/C=C(C)/C=C/CCOC(C)(C)CC(=O)N[C@@H](C(C)C)C(=O)N[C@@H](C)C(=O)N1CCC[C@H](N1)C(=O)O[C@@H]2C. The smallest absolute Gasteiger partial charge is 0.325 e. The van der Waals surface area contributed by atoms with Crippen molar-refractivity contribution >= 4 is 36.3 Å². The van der Waals surface area contributed by atoms with Gasteiger partial charge in [0.25, 0.3) is 5.91 Å². The molecule has 4 heterocycles. The van der Waals surface area contributed by atoms with Crippen molar-refractivity contribution in [1.82, 2.24) is 26.1 Å². The second kappa shape index (κ2) is 15.9. The summed E-state index contributed by atoms with van der Waals surface area (Å²) in [7, 11) is 0. The van der Waals surface area contributed by atoms with Crippen molar-refractivity contribution in [2.75, 3.05) is 13.2 Å². The van der Waals surface area contributed by atoms with Gasteiger partial charge in [-0.3, -0.25) is 24.2 Å². The average molecular weight is 624 g/mol. The first-order chi connectivity index (χ1) is 21.2. The van der Waals surface area contributed by atoms with Gasteiger partial charge in [-0.05, 0) is 71.1 Å². The van der Waals surface area contributed by atoms with Crippen LogP contribution in [0.1, 0.15) is 85.9 Å². The van der Waals surface area contributed by atoms with Crippen LogP contribution in [-0.4, -0.2) is 70.6 Å². The zero-order valence-corrected chi connectivity index (χ0v) is 27.6. The number of carbonyl (C=O) groups is 4. The molecule has 3 N–H and O–H groups in total. The van der Waals surface area contributed by atoms with E-state index in [1.807, 2.05) is 71.1 Å². The van der Waals surface area contributed by atoms with Crippen molar-refractivity contribution in [3.05, 3.63) is 52.2 Å². The zero-order chi connectivity index (χ0) is 33.3. The summed E-state index contributed by atoms with van der Waals surface area (Å²) in [6.45, 7) is 17.5. The van der Waals surface area contributed by atoms with Crippen molar-refractivity contribution < 1.29 is 28.7 Å². The summed E-state index contributed by atoms with van der Waals surface area (Å²) in [5, 5.41) is 8.30. The summed E-state index contributed by atoms with van der Waals surface area (Å²) >= 11 is 0. The number of amides is 3. The molecule has 1 saturated heterocycles. The molecule has 3 aliphatic heterocycles. The van der Waals surface area contributed by atoms with Crippen molar-refractivity contribution in [2.45, 2.75) is 104 Å². The molecule has 3 amide bonds. The number of nitrogens with one attached hydrogen (secondary N) is 3. The Labute approximate surface area is 266 Å². The lowest BCUT2D eigenvalue weighted by molar-refractivity contribution is -0.157. The predicted molar refractivity (Wildman–Crippen MR) is 172 cm³/mol. The molecule has 246 valence electrons. The van der Waals surface area contributed by atoms with Crippen molar-refractivity contribution in [3.8, 4) is 0 Å². The molecular formula is C34H49N5O6. The Kier molecular flexibility index (Phi) is 12.6. The van der Waals surface area contributed by atoms with E-state index in [0.29, 0.717) is 43.5 Å². The van der Waals surface area contributed by atoms with E-state index in [2.05, 4.69) is 27.6 Å². The van der Waals surface area contributed by atoms with Crippen molar-refractivity contribution in [1.29, 1.82) is 0 Å². The molecule has 0 aromatic carbocycles. The van der Waals surface area contributed by atoms with E-state index in [1.54, 1.807) is 13.8 Å². The van der Waals surface area contributed by atoms with E-state index in [-0.39, 0.29) is 18.2 Å². The third kappa shape index (κ3) is 10.6. The minimum absolute atomic E-state index is 0.0591. The lowest BCUT2D eigenvalue weighted by atomic mass is 10.0. The van der Waals surface area contributed by atoms with E-state index in [4.69, 9.17) is 9.47 Å². The second-order valence-corrected chi connectivity index (χ2v) is 12.7. The first kappa shape index (κ1) is 35.6. The second-order valence-electron chi connectivity index (χ2n) is 12.7. The fourth-order valence-electron chi connectivity index (χ4n) is 5.08. The number of allylic oxidation sites excluding steroid dienone is 3.